The molecule has 114 valence electrons. The number of hydrogen-bond acceptors (Lipinski definition) is 5. The monoisotopic (exact) mass is 292 g/mol. The van der Waals surface area contributed by atoms with Crippen LogP contribution in [0.25, 0.3) is 10.9 Å². The number of ether oxygens (including phenoxy) is 1. The molecule has 0 saturated carbocycles. The van der Waals surface area contributed by atoms with E-state index in [1.54, 1.807) is 18.2 Å². The van der Waals surface area contributed by atoms with Gasteiger partial charge in [0.25, 0.3) is 5.56 Å². The SMILES string of the molecule is CCCCOc1c(O)c2ccc(N)cc2n(CCO)c1=O. The summed E-state index contributed by atoms with van der Waals surface area (Å²) >= 11 is 0. The predicted molar refractivity (Wildman–Crippen MR) is 81.8 cm³/mol. The zero-order valence-corrected chi connectivity index (χ0v) is 12.0. The number of nitrogen functional groups attached to an aromatic ring is 1. The van der Waals surface area contributed by atoms with Gasteiger partial charge in [-0.15, -0.1) is 0 Å². The smallest absolute Gasteiger partial charge is 0.297 e. The van der Waals surface area contributed by atoms with Crippen molar-refractivity contribution in [3.05, 3.63) is 28.6 Å². The molecule has 6 nitrogen and oxygen atoms in total. The van der Waals surface area contributed by atoms with E-state index in [0.717, 1.165) is 12.8 Å². The summed E-state index contributed by atoms with van der Waals surface area (Å²) in [5.41, 5.74) is 6.23. The Morgan fingerprint density at radius 1 is 1.38 bits per heavy atom. The van der Waals surface area contributed by atoms with Gasteiger partial charge in [0.05, 0.1) is 18.7 Å². The molecule has 1 aromatic carbocycles. The minimum atomic E-state index is -0.462. The standard InChI is InChI=1S/C15H20N2O4/c1-2-3-8-21-14-13(19)11-5-4-10(16)9-12(11)17(6-7-18)15(14)20/h4-5,9,18-19H,2-3,6-8,16H2,1H3. The molecule has 0 atom stereocenters. The quantitative estimate of drug-likeness (QED) is 0.553. The Morgan fingerprint density at radius 2 is 2.14 bits per heavy atom. The highest BCUT2D eigenvalue weighted by Crippen LogP contribution is 2.32. The average molecular weight is 292 g/mol. The van der Waals surface area contributed by atoms with E-state index in [9.17, 15) is 9.90 Å². The molecule has 4 N–H and O–H groups in total. The Labute approximate surface area is 122 Å². The number of unbranched alkanes of at least 4 members (excludes halogenated alkanes) is 1. The van der Waals surface area contributed by atoms with Gasteiger partial charge in [0.2, 0.25) is 5.75 Å². The van der Waals surface area contributed by atoms with E-state index >= 15 is 0 Å². The molecule has 0 saturated heterocycles. The molecule has 2 aromatic rings. The number of rotatable bonds is 6. The second kappa shape index (κ2) is 6.49. The molecular weight excluding hydrogens is 272 g/mol. The Hall–Kier alpha value is -2.21. The lowest BCUT2D eigenvalue weighted by Gasteiger charge is -2.15. The van der Waals surface area contributed by atoms with Gasteiger partial charge in [0.15, 0.2) is 5.75 Å². The molecule has 0 aliphatic carbocycles. The second-order valence-electron chi connectivity index (χ2n) is 4.84. The van der Waals surface area contributed by atoms with E-state index in [1.807, 2.05) is 6.92 Å². The van der Waals surface area contributed by atoms with Crippen LogP contribution in [0.4, 0.5) is 5.69 Å². The van der Waals surface area contributed by atoms with Crippen molar-refractivity contribution in [1.29, 1.82) is 0 Å². The van der Waals surface area contributed by atoms with Crippen LogP contribution in [0, 0.1) is 0 Å². The maximum Gasteiger partial charge on any atom is 0.297 e. The van der Waals surface area contributed by atoms with Crippen LogP contribution in [0.5, 0.6) is 11.5 Å². The summed E-state index contributed by atoms with van der Waals surface area (Å²) in [6, 6.07) is 4.88. The van der Waals surface area contributed by atoms with Crippen molar-refractivity contribution in [2.75, 3.05) is 18.9 Å². The first-order valence-corrected chi connectivity index (χ1v) is 6.98. The van der Waals surface area contributed by atoms with Gasteiger partial charge in [0.1, 0.15) is 0 Å². The molecule has 2 rings (SSSR count). The molecule has 0 aliphatic heterocycles. The van der Waals surface area contributed by atoms with Crippen molar-refractivity contribution in [3.8, 4) is 11.5 Å². The van der Waals surface area contributed by atoms with E-state index in [1.165, 1.54) is 4.57 Å². The third-order valence-electron chi connectivity index (χ3n) is 3.29. The molecule has 0 aliphatic rings. The second-order valence-corrected chi connectivity index (χ2v) is 4.84. The van der Waals surface area contributed by atoms with Gasteiger partial charge in [-0.2, -0.15) is 0 Å². The number of pyridine rings is 1. The third kappa shape index (κ3) is 2.95. The first kappa shape index (κ1) is 15.2. The van der Waals surface area contributed by atoms with E-state index < -0.39 is 5.56 Å². The highest BCUT2D eigenvalue weighted by molar-refractivity contribution is 5.89. The largest absolute Gasteiger partial charge is 0.504 e. The molecule has 6 heteroatoms. The summed E-state index contributed by atoms with van der Waals surface area (Å²) in [5.74, 6) is -0.255. The molecule has 0 amide bonds. The fourth-order valence-electron chi connectivity index (χ4n) is 2.20. The summed E-state index contributed by atoms with van der Waals surface area (Å²) in [7, 11) is 0. The number of fused-ring (bicyclic) bond motifs is 1. The fraction of sp³-hybridized carbons (Fsp3) is 0.400. The number of aromatic hydroxyl groups is 1. The zero-order chi connectivity index (χ0) is 15.4. The number of aliphatic hydroxyl groups excluding tert-OH is 1. The highest BCUT2D eigenvalue weighted by Gasteiger charge is 2.17. The van der Waals surface area contributed by atoms with Crippen LogP contribution >= 0.6 is 0 Å². The molecule has 0 fully saturated rings. The minimum absolute atomic E-state index is 0.0748. The number of benzene rings is 1. The number of nitrogens with two attached hydrogens (primary N) is 1. The highest BCUT2D eigenvalue weighted by atomic mass is 16.5. The topological polar surface area (TPSA) is 97.7 Å². The normalized spacial score (nSPS) is 11.0. The summed E-state index contributed by atoms with van der Waals surface area (Å²) in [5, 5.41) is 19.9. The molecule has 0 unspecified atom stereocenters. The van der Waals surface area contributed by atoms with Crippen LogP contribution in [0.3, 0.4) is 0 Å². The van der Waals surface area contributed by atoms with E-state index in [2.05, 4.69) is 0 Å². The first-order valence-electron chi connectivity index (χ1n) is 6.98. The van der Waals surface area contributed by atoms with E-state index in [4.69, 9.17) is 15.6 Å². The molecular formula is C15H20N2O4. The van der Waals surface area contributed by atoms with Crippen molar-refractivity contribution >= 4 is 16.6 Å². The molecule has 0 radical (unpaired) electrons. The molecule has 1 aromatic heterocycles. The molecule has 21 heavy (non-hydrogen) atoms. The Balaban J connectivity index is 2.64. The number of nitrogens with zero attached hydrogens (tertiary/aromatic N) is 1. The van der Waals surface area contributed by atoms with Crippen LogP contribution in [0.15, 0.2) is 23.0 Å². The molecule has 0 bridgehead atoms. The number of aliphatic hydroxyl groups is 1. The van der Waals surface area contributed by atoms with Gasteiger partial charge in [-0.05, 0) is 24.6 Å². The minimum Gasteiger partial charge on any atom is -0.504 e. The van der Waals surface area contributed by atoms with Crippen LogP contribution in [-0.2, 0) is 6.54 Å². The summed E-state index contributed by atoms with van der Waals surface area (Å²) in [6.45, 7) is 2.29. The average Bonchev–Trinajstić information content (AvgIpc) is 2.47. The first-order chi connectivity index (χ1) is 10.1. The van der Waals surface area contributed by atoms with Gasteiger partial charge in [-0.3, -0.25) is 4.79 Å². The van der Waals surface area contributed by atoms with Crippen molar-refractivity contribution in [2.45, 2.75) is 26.3 Å². The predicted octanol–water partition coefficient (Wildman–Crippen LogP) is 1.46. The van der Waals surface area contributed by atoms with Gasteiger partial charge in [-0.25, -0.2) is 0 Å². The van der Waals surface area contributed by atoms with E-state index in [0.29, 0.717) is 23.2 Å². The van der Waals surface area contributed by atoms with Gasteiger partial charge in [-0.1, -0.05) is 13.3 Å². The van der Waals surface area contributed by atoms with Crippen molar-refractivity contribution in [1.82, 2.24) is 4.57 Å². The Morgan fingerprint density at radius 3 is 2.81 bits per heavy atom. The summed E-state index contributed by atoms with van der Waals surface area (Å²) < 4.78 is 6.80. The lowest BCUT2D eigenvalue weighted by Crippen LogP contribution is -2.24. The van der Waals surface area contributed by atoms with Gasteiger partial charge >= 0.3 is 0 Å². The van der Waals surface area contributed by atoms with Crippen LogP contribution in [-0.4, -0.2) is 28.0 Å². The lowest BCUT2D eigenvalue weighted by atomic mass is 10.1. The maximum atomic E-state index is 12.4. The van der Waals surface area contributed by atoms with Crippen molar-refractivity contribution in [3.63, 3.8) is 0 Å². The summed E-state index contributed by atoms with van der Waals surface area (Å²) in [6.07, 6.45) is 1.72. The Kier molecular flexibility index (Phi) is 4.70. The van der Waals surface area contributed by atoms with Crippen LogP contribution in [0.2, 0.25) is 0 Å². The number of anilines is 1. The Bertz CT molecular complexity index is 694. The van der Waals surface area contributed by atoms with Crippen molar-refractivity contribution < 1.29 is 14.9 Å². The number of hydrogen-bond donors (Lipinski definition) is 3. The molecule has 0 spiro atoms. The van der Waals surface area contributed by atoms with Gasteiger partial charge < -0.3 is 25.3 Å². The van der Waals surface area contributed by atoms with Crippen molar-refractivity contribution in [2.24, 2.45) is 0 Å². The molecule has 1 heterocycles. The van der Waals surface area contributed by atoms with E-state index in [-0.39, 0.29) is 24.7 Å². The van der Waals surface area contributed by atoms with Crippen LogP contribution < -0.4 is 16.0 Å². The zero-order valence-electron chi connectivity index (χ0n) is 12.0. The number of aromatic nitrogens is 1. The third-order valence-corrected chi connectivity index (χ3v) is 3.29. The fourth-order valence-corrected chi connectivity index (χ4v) is 2.20. The van der Waals surface area contributed by atoms with Gasteiger partial charge in [0, 0.05) is 17.6 Å². The summed E-state index contributed by atoms with van der Waals surface area (Å²) in [4.78, 5) is 12.4. The lowest BCUT2D eigenvalue weighted by molar-refractivity contribution is 0.267. The maximum absolute atomic E-state index is 12.4. The van der Waals surface area contributed by atoms with Crippen LogP contribution in [0.1, 0.15) is 19.8 Å².